The molecule has 0 radical (unpaired) electrons. The van der Waals surface area contributed by atoms with E-state index in [4.69, 9.17) is 4.74 Å². The summed E-state index contributed by atoms with van der Waals surface area (Å²) in [6.07, 6.45) is 5.03. The predicted octanol–water partition coefficient (Wildman–Crippen LogP) is 2.38. The average Bonchev–Trinajstić information content (AvgIpc) is 3.20. The van der Waals surface area contributed by atoms with Gasteiger partial charge in [0.25, 0.3) is 0 Å². The summed E-state index contributed by atoms with van der Waals surface area (Å²) in [6, 6.07) is 1.68. The minimum Gasteiger partial charge on any atom is -0.465 e. The minimum atomic E-state index is -0.457. The summed E-state index contributed by atoms with van der Waals surface area (Å²) < 4.78 is 8.15. The van der Waals surface area contributed by atoms with Crippen molar-refractivity contribution in [2.24, 2.45) is 14.1 Å². The number of nitrogens with one attached hydrogen (secondary N) is 2. The fraction of sp³-hybridized carbons (Fsp3) is 0.263. The van der Waals surface area contributed by atoms with E-state index in [1.807, 2.05) is 27.1 Å². The number of hydrogen-bond acceptors (Lipinski definition) is 9. The number of rotatable bonds is 5. The van der Waals surface area contributed by atoms with Gasteiger partial charge in [-0.3, -0.25) is 9.67 Å². The quantitative estimate of drug-likeness (QED) is 0.480. The van der Waals surface area contributed by atoms with Crippen molar-refractivity contribution < 1.29 is 9.53 Å². The number of fused-ring (bicyclic) bond motifs is 1. The molecule has 4 heterocycles. The SMILES string of the molecule is COC(=O)c1cnc(C)c(Nc2nn(C)c3nc(Nc4cn(C)nc4C)ncc23)c1. The molecule has 0 aromatic carbocycles. The van der Waals surface area contributed by atoms with Crippen molar-refractivity contribution in [1.82, 2.24) is 34.5 Å². The molecule has 0 spiro atoms. The number of esters is 1. The summed E-state index contributed by atoms with van der Waals surface area (Å²) >= 11 is 0. The summed E-state index contributed by atoms with van der Waals surface area (Å²) in [4.78, 5) is 25.1. The number of hydrogen-bond donors (Lipinski definition) is 2. The van der Waals surface area contributed by atoms with Crippen molar-refractivity contribution in [3.8, 4) is 0 Å². The number of anilines is 4. The highest BCUT2D eigenvalue weighted by Gasteiger charge is 2.15. The second-order valence-corrected chi connectivity index (χ2v) is 6.80. The van der Waals surface area contributed by atoms with Crippen LogP contribution in [0.15, 0.2) is 24.7 Å². The zero-order valence-corrected chi connectivity index (χ0v) is 17.3. The first-order valence-corrected chi connectivity index (χ1v) is 9.14. The summed E-state index contributed by atoms with van der Waals surface area (Å²) in [6.45, 7) is 3.75. The van der Waals surface area contributed by atoms with Gasteiger partial charge in [0.15, 0.2) is 11.5 Å². The van der Waals surface area contributed by atoms with Crippen molar-refractivity contribution in [2.45, 2.75) is 13.8 Å². The molecule has 0 fully saturated rings. The van der Waals surface area contributed by atoms with Gasteiger partial charge >= 0.3 is 5.97 Å². The molecule has 0 unspecified atom stereocenters. The van der Waals surface area contributed by atoms with Crippen molar-refractivity contribution >= 4 is 40.1 Å². The highest BCUT2D eigenvalue weighted by molar-refractivity contribution is 5.92. The van der Waals surface area contributed by atoms with Gasteiger partial charge in [0.1, 0.15) is 0 Å². The van der Waals surface area contributed by atoms with Crippen LogP contribution >= 0.6 is 0 Å². The van der Waals surface area contributed by atoms with Gasteiger partial charge in [-0.25, -0.2) is 14.5 Å². The molecule has 0 saturated heterocycles. The van der Waals surface area contributed by atoms with Crippen molar-refractivity contribution in [1.29, 1.82) is 0 Å². The third kappa shape index (κ3) is 3.52. The molecule has 0 amide bonds. The third-order valence-electron chi connectivity index (χ3n) is 4.60. The van der Waals surface area contributed by atoms with E-state index >= 15 is 0 Å². The van der Waals surface area contributed by atoms with Gasteiger partial charge in [-0.1, -0.05) is 0 Å². The largest absolute Gasteiger partial charge is 0.465 e. The van der Waals surface area contributed by atoms with Gasteiger partial charge in [-0.05, 0) is 19.9 Å². The van der Waals surface area contributed by atoms with Crippen LogP contribution in [0.1, 0.15) is 21.7 Å². The first-order valence-electron chi connectivity index (χ1n) is 9.14. The Balaban J connectivity index is 1.67. The van der Waals surface area contributed by atoms with Crippen molar-refractivity contribution in [2.75, 3.05) is 17.7 Å². The summed E-state index contributed by atoms with van der Waals surface area (Å²) in [5, 5.41) is 15.9. The summed E-state index contributed by atoms with van der Waals surface area (Å²) in [5.41, 5.74) is 4.03. The Kier molecular flexibility index (Phi) is 4.78. The molecule has 0 aliphatic carbocycles. The number of carbonyl (C=O) groups excluding carboxylic acids is 1. The van der Waals surface area contributed by atoms with Gasteiger partial charge in [0, 0.05) is 32.7 Å². The summed E-state index contributed by atoms with van der Waals surface area (Å²) in [5.74, 6) is 0.545. The maximum absolute atomic E-state index is 11.8. The molecule has 0 aliphatic heterocycles. The molecule has 0 saturated carbocycles. The topological polar surface area (TPSA) is 125 Å². The van der Waals surface area contributed by atoms with Gasteiger partial charge < -0.3 is 15.4 Å². The molecule has 4 aromatic rings. The zero-order chi connectivity index (χ0) is 21.4. The molecule has 11 heteroatoms. The molecular weight excluding hydrogens is 386 g/mol. The summed E-state index contributed by atoms with van der Waals surface area (Å²) in [7, 11) is 4.99. The fourth-order valence-corrected chi connectivity index (χ4v) is 3.05. The number of nitrogens with zero attached hydrogens (tertiary/aromatic N) is 7. The standard InChI is InChI=1S/C19H21N9O2/c1-10-14(6-12(7-20-10)18(29)30-5)22-16-13-8-21-19(24-17(13)28(4)26-16)23-15-9-27(3)25-11(15)2/h6-9H,1-5H3,(H,22,26)(H,21,23,24). The van der Waals surface area contributed by atoms with Crippen LogP contribution in [0.4, 0.5) is 23.1 Å². The van der Waals surface area contributed by atoms with E-state index in [0.29, 0.717) is 34.4 Å². The highest BCUT2D eigenvalue weighted by atomic mass is 16.5. The molecule has 2 N–H and O–H groups in total. The average molecular weight is 407 g/mol. The smallest absolute Gasteiger partial charge is 0.339 e. The van der Waals surface area contributed by atoms with E-state index < -0.39 is 5.97 Å². The van der Waals surface area contributed by atoms with Crippen molar-refractivity contribution in [3.05, 3.63) is 41.6 Å². The Bertz CT molecular complexity index is 1260. The minimum absolute atomic E-state index is 0.348. The third-order valence-corrected chi connectivity index (χ3v) is 4.60. The molecule has 0 atom stereocenters. The molecule has 0 aliphatic rings. The number of ether oxygens (including phenoxy) is 1. The number of pyridine rings is 1. The molecular formula is C19H21N9O2. The lowest BCUT2D eigenvalue weighted by Gasteiger charge is -2.08. The van der Waals surface area contributed by atoms with Crippen LogP contribution < -0.4 is 10.6 Å². The monoisotopic (exact) mass is 407 g/mol. The van der Waals surface area contributed by atoms with Crippen LogP contribution in [0, 0.1) is 13.8 Å². The van der Waals surface area contributed by atoms with E-state index in [0.717, 1.165) is 16.8 Å². The van der Waals surface area contributed by atoms with E-state index in [1.165, 1.54) is 13.3 Å². The number of methoxy groups -OCH3 is 1. The first-order chi connectivity index (χ1) is 14.4. The van der Waals surface area contributed by atoms with Gasteiger partial charge in [-0.15, -0.1) is 0 Å². The van der Waals surface area contributed by atoms with Gasteiger partial charge in [0.2, 0.25) is 5.95 Å². The molecule has 30 heavy (non-hydrogen) atoms. The Morgan fingerprint density at radius 2 is 1.83 bits per heavy atom. The molecule has 4 aromatic heterocycles. The second-order valence-electron chi connectivity index (χ2n) is 6.80. The van der Waals surface area contributed by atoms with Gasteiger partial charge in [0.05, 0.1) is 40.8 Å². The normalized spacial score (nSPS) is 11.0. The van der Waals surface area contributed by atoms with Crippen LogP contribution in [0.3, 0.4) is 0 Å². The molecule has 4 rings (SSSR count). The number of aromatic nitrogens is 7. The van der Waals surface area contributed by atoms with Gasteiger partial charge in [-0.2, -0.15) is 15.2 Å². The van der Waals surface area contributed by atoms with Crippen LogP contribution in [-0.2, 0) is 18.8 Å². The Labute approximate surface area is 172 Å². The molecule has 11 nitrogen and oxygen atoms in total. The van der Waals surface area contributed by atoms with Crippen LogP contribution in [0.5, 0.6) is 0 Å². The maximum Gasteiger partial charge on any atom is 0.339 e. The molecule has 154 valence electrons. The predicted molar refractivity (Wildman–Crippen MR) is 111 cm³/mol. The zero-order valence-electron chi connectivity index (χ0n) is 17.3. The first kappa shape index (κ1) is 19.3. The fourth-order valence-electron chi connectivity index (χ4n) is 3.05. The number of carbonyl (C=O) groups is 1. The Hall–Kier alpha value is -4.02. The Morgan fingerprint density at radius 1 is 1.03 bits per heavy atom. The Morgan fingerprint density at radius 3 is 2.53 bits per heavy atom. The lowest BCUT2D eigenvalue weighted by atomic mass is 10.2. The number of aryl methyl sites for hydroxylation is 4. The van der Waals surface area contributed by atoms with Crippen LogP contribution in [0.2, 0.25) is 0 Å². The van der Waals surface area contributed by atoms with E-state index in [1.54, 1.807) is 28.7 Å². The van der Waals surface area contributed by atoms with Crippen LogP contribution in [-0.4, -0.2) is 47.6 Å². The van der Waals surface area contributed by atoms with Crippen molar-refractivity contribution in [3.63, 3.8) is 0 Å². The van der Waals surface area contributed by atoms with Crippen LogP contribution in [0.25, 0.3) is 11.0 Å². The second kappa shape index (κ2) is 7.43. The maximum atomic E-state index is 11.8. The lowest BCUT2D eigenvalue weighted by molar-refractivity contribution is 0.0600. The molecule has 0 bridgehead atoms. The van der Waals surface area contributed by atoms with E-state index in [2.05, 4.69) is 35.8 Å². The highest BCUT2D eigenvalue weighted by Crippen LogP contribution is 2.27. The lowest BCUT2D eigenvalue weighted by Crippen LogP contribution is -2.05. The van der Waals surface area contributed by atoms with E-state index in [9.17, 15) is 4.79 Å². The van der Waals surface area contributed by atoms with E-state index in [-0.39, 0.29) is 0 Å².